The summed E-state index contributed by atoms with van der Waals surface area (Å²) >= 11 is 0. The van der Waals surface area contributed by atoms with Crippen LogP contribution in [0.1, 0.15) is 0 Å². The topological polar surface area (TPSA) is 90.5 Å². The van der Waals surface area contributed by atoms with Crippen LogP contribution >= 0.6 is 0 Å². The highest BCUT2D eigenvalue weighted by molar-refractivity contribution is 6.00. The number of hydrogen-bond donors (Lipinski definition) is 3. The summed E-state index contributed by atoms with van der Waals surface area (Å²) in [5.74, 6) is -0.621. The van der Waals surface area contributed by atoms with Gasteiger partial charge in [0.1, 0.15) is 22.9 Å². The van der Waals surface area contributed by atoms with E-state index in [0.29, 0.717) is 11.2 Å². The highest BCUT2D eigenvalue weighted by Gasteiger charge is 2.15. The molecule has 2 aromatic carbocycles. The molecule has 0 saturated carbocycles. The highest BCUT2D eigenvalue weighted by atomic mass is 19.1. The summed E-state index contributed by atoms with van der Waals surface area (Å²) in [6, 6.07) is 17.8. The van der Waals surface area contributed by atoms with Crippen LogP contribution in [0, 0.1) is 5.82 Å². The number of hydrogen-bond acceptors (Lipinski definition) is 4. The van der Waals surface area contributed by atoms with Gasteiger partial charge in [-0.15, -0.1) is 0 Å². The van der Waals surface area contributed by atoms with Gasteiger partial charge in [-0.3, -0.25) is 10.1 Å². The summed E-state index contributed by atoms with van der Waals surface area (Å²) in [5.41, 5.74) is 6.52. The SMILES string of the molecule is Oc1cc(F)cc(-c2ccnc3[nH]c(-c4n[nH]c5ccc(-c6cccnc6)cc45)cc23)c1. The molecule has 6 aromatic rings. The summed E-state index contributed by atoms with van der Waals surface area (Å²) < 4.78 is 13.9. The first-order valence-electron chi connectivity index (χ1n) is 10.0. The molecule has 0 aliphatic rings. The first kappa shape index (κ1) is 18.3. The summed E-state index contributed by atoms with van der Waals surface area (Å²) in [5, 5.41) is 19.2. The molecule has 0 fully saturated rings. The fraction of sp³-hybridized carbons (Fsp3) is 0. The third-order valence-corrected chi connectivity index (χ3v) is 5.54. The van der Waals surface area contributed by atoms with Gasteiger partial charge in [0.05, 0.1) is 11.2 Å². The number of nitrogens with one attached hydrogen (secondary N) is 2. The van der Waals surface area contributed by atoms with Crippen molar-refractivity contribution >= 4 is 21.9 Å². The standard InChI is InChI=1S/C25H16FN5O/c26-17-8-16(9-18(32)11-17)19-5-7-28-25-20(19)12-23(29-25)24-21-10-14(3-4-22(21)30-31-24)15-2-1-6-27-13-15/h1-13,32H,(H,28,29)(H,30,31). The van der Waals surface area contributed by atoms with E-state index in [2.05, 4.69) is 31.2 Å². The minimum absolute atomic E-state index is 0.123. The second-order valence-electron chi connectivity index (χ2n) is 7.58. The van der Waals surface area contributed by atoms with E-state index in [1.807, 2.05) is 36.5 Å². The Labute approximate surface area is 181 Å². The van der Waals surface area contributed by atoms with Crippen molar-refractivity contribution in [1.82, 2.24) is 25.1 Å². The molecule has 4 aromatic heterocycles. The lowest BCUT2D eigenvalue weighted by atomic mass is 10.0. The second kappa shape index (κ2) is 7.02. The lowest BCUT2D eigenvalue weighted by Crippen LogP contribution is -1.84. The van der Waals surface area contributed by atoms with E-state index in [1.165, 1.54) is 12.1 Å². The summed E-state index contributed by atoms with van der Waals surface area (Å²) in [4.78, 5) is 12.0. The van der Waals surface area contributed by atoms with Crippen molar-refractivity contribution in [3.8, 4) is 39.4 Å². The Balaban J connectivity index is 1.52. The van der Waals surface area contributed by atoms with Crippen molar-refractivity contribution in [2.75, 3.05) is 0 Å². The molecular formula is C25H16FN5O. The first-order chi connectivity index (χ1) is 15.7. The van der Waals surface area contributed by atoms with Gasteiger partial charge in [0.15, 0.2) is 0 Å². The number of aromatic nitrogens is 5. The summed E-state index contributed by atoms with van der Waals surface area (Å²) in [7, 11) is 0. The molecule has 4 heterocycles. The van der Waals surface area contributed by atoms with Crippen LogP contribution in [-0.4, -0.2) is 30.3 Å². The predicted molar refractivity (Wildman–Crippen MR) is 121 cm³/mol. The van der Waals surface area contributed by atoms with E-state index in [1.54, 1.807) is 18.5 Å². The van der Waals surface area contributed by atoms with Crippen LogP contribution in [0.3, 0.4) is 0 Å². The third-order valence-electron chi connectivity index (χ3n) is 5.54. The minimum atomic E-state index is -0.498. The van der Waals surface area contributed by atoms with Crippen molar-refractivity contribution in [1.29, 1.82) is 0 Å². The molecule has 32 heavy (non-hydrogen) atoms. The zero-order valence-electron chi connectivity index (χ0n) is 16.7. The average molecular weight is 421 g/mol. The van der Waals surface area contributed by atoms with Crippen molar-refractivity contribution in [3.63, 3.8) is 0 Å². The van der Waals surface area contributed by atoms with Gasteiger partial charge in [0.2, 0.25) is 0 Å². The summed E-state index contributed by atoms with van der Waals surface area (Å²) in [6.07, 6.45) is 5.23. The smallest absolute Gasteiger partial charge is 0.138 e. The predicted octanol–water partition coefficient (Wildman–Crippen LogP) is 5.68. The lowest BCUT2D eigenvalue weighted by Gasteiger charge is -2.04. The average Bonchev–Trinajstić information content (AvgIpc) is 3.42. The van der Waals surface area contributed by atoms with Crippen LogP contribution in [0.25, 0.3) is 55.6 Å². The van der Waals surface area contributed by atoms with Crippen molar-refractivity contribution in [2.45, 2.75) is 0 Å². The van der Waals surface area contributed by atoms with Crippen molar-refractivity contribution < 1.29 is 9.50 Å². The molecule has 6 nitrogen and oxygen atoms in total. The van der Waals surface area contributed by atoms with Gasteiger partial charge in [-0.25, -0.2) is 9.37 Å². The number of fused-ring (bicyclic) bond motifs is 2. The second-order valence-corrected chi connectivity index (χ2v) is 7.58. The zero-order valence-corrected chi connectivity index (χ0v) is 16.7. The third kappa shape index (κ3) is 2.99. The van der Waals surface area contributed by atoms with E-state index in [0.717, 1.165) is 50.4 Å². The molecule has 0 amide bonds. The van der Waals surface area contributed by atoms with Crippen molar-refractivity contribution in [2.24, 2.45) is 0 Å². The fourth-order valence-electron chi connectivity index (χ4n) is 4.07. The molecule has 6 rings (SSSR count). The Bertz CT molecular complexity index is 1580. The monoisotopic (exact) mass is 421 g/mol. The number of aromatic hydroxyl groups is 1. The Kier molecular flexibility index (Phi) is 4.01. The number of rotatable bonds is 3. The van der Waals surface area contributed by atoms with Crippen LogP contribution in [0.2, 0.25) is 0 Å². The van der Waals surface area contributed by atoms with Gasteiger partial charge in [-0.1, -0.05) is 12.1 Å². The summed E-state index contributed by atoms with van der Waals surface area (Å²) in [6.45, 7) is 0. The molecule has 0 bridgehead atoms. The van der Waals surface area contributed by atoms with Crippen LogP contribution in [-0.2, 0) is 0 Å². The van der Waals surface area contributed by atoms with Gasteiger partial charge in [0.25, 0.3) is 0 Å². The molecule has 7 heteroatoms. The van der Waals surface area contributed by atoms with E-state index < -0.39 is 5.82 Å². The van der Waals surface area contributed by atoms with E-state index in [-0.39, 0.29) is 5.75 Å². The van der Waals surface area contributed by atoms with Gasteiger partial charge >= 0.3 is 0 Å². The largest absolute Gasteiger partial charge is 0.508 e. The molecule has 0 aliphatic carbocycles. The van der Waals surface area contributed by atoms with Gasteiger partial charge < -0.3 is 10.1 Å². The molecule has 0 radical (unpaired) electrons. The maximum Gasteiger partial charge on any atom is 0.138 e. The Hall–Kier alpha value is -4.52. The van der Waals surface area contributed by atoms with Crippen molar-refractivity contribution in [3.05, 3.63) is 85.1 Å². The fourth-order valence-corrected chi connectivity index (χ4v) is 4.07. The van der Waals surface area contributed by atoms with Crippen LogP contribution in [0.5, 0.6) is 5.75 Å². The number of H-pyrrole nitrogens is 2. The highest BCUT2D eigenvalue weighted by Crippen LogP contribution is 2.35. The first-order valence-corrected chi connectivity index (χ1v) is 10.0. The Morgan fingerprint density at radius 1 is 0.844 bits per heavy atom. The number of halogens is 1. The number of pyridine rings is 2. The molecule has 154 valence electrons. The molecule has 0 saturated heterocycles. The number of phenols is 1. The van der Waals surface area contributed by atoms with E-state index >= 15 is 0 Å². The molecule has 0 unspecified atom stereocenters. The molecular weight excluding hydrogens is 405 g/mol. The van der Waals surface area contributed by atoms with E-state index in [4.69, 9.17) is 0 Å². The number of phenolic OH excluding ortho intramolecular Hbond substituents is 1. The van der Waals surface area contributed by atoms with E-state index in [9.17, 15) is 9.50 Å². The van der Waals surface area contributed by atoms with Crippen LogP contribution in [0.15, 0.2) is 79.3 Å². The zero-order chi connectivity index (χ0) is 21.7. The maximum atomic E-state index is 13.9. The lowest BCUT2D eigenvalue weighted by molar-refractivity contribution is 0.469. The number of nitrogens with zero attached hydrogens (tertiary/aromatic N) is 3. The normalized spacial score (nSPS) is 11.4. The van der Waals surface area contributed by atoms with Crippen LogP contribution < -0.4 is 0 Å². The Morgan fingerprint density at radius 2 is 1.78 bits per heavy atom. The van der Waals surface area contributed by atoms with Gasteiger partial charge in [-0.05, 0) is 59.2 Å². The molecule has 0 aliphatic heterocycles. The van der Waals surface area contributed by atoms with Gasteiger partial charge in [-0.2, -0.15) is 5.10 Å². The quantitative estimate of drug-likeness (QED) is 0.343. The van der Waals surface area contributed by atoms with Gasteiger partial charge in [0, 0.05) is 41.0 Å². The molecule has 0 spiro atoms. The minimum Gasteiger partial charge on any atom is -0.508 e. The maximum absolute atomic E-state index is 13.9. The number of benzene rings is 2. The van der Waals surface area contributed by atoms with Crippen LogP contribution in [0.4, 0.5) is 4.39 Å². The Morgan fingerprint density at radius 3 is 2.62 bits per heavy atom. The molecule has 3 N–H and O–H groups in total. The molecule has 0 atom stereocenters. The number of aromatic amines is 2.